The van der Waals surface area contributed by atoms with Crippen LogP contribution in [0.3, 0.4) is 0 Å². The maximum absolute atomic E-state index is 9.36. The average molecular weight is 300 g/mol. The fourth-order valence-electron chi connectivity index (χ4n) is 1.63. The molecule has 0 saturated carbocycles. The summed E-state index contributed by atoms with van der Waals surface area (Å²) in [7, 11) is 0. The van der Waals surface area contributed by atoms with Crippen molar-refractivity contribution in [1.29, 1.82) is 0 Å². The van der Waals surface area contributed by atoms with Gasteiger partial charge in [-0.3, -0.25) is 0 Å². The van der Waals surface area contributed by atoms with E-state index in [0.29, 0.717) is 30.6 Å². The molecule has 0 spiro atoms. The first-order valence-electron chi connectivity index (χ1n) is 6.93. The van der Waals surface area contributed by atoms with Gasteiger partial charge in [-0.15, -0.1) is 0 Å². The molecule has 1 heterocycles. The highest BCUT2D eigenvalue weighted by Crippen LogP contribution is 2.17. The van der Waals surface area contributed by atoms with Crippen LogP contribution >= 0.6 is 0 Å². The van der Waals surface area contributed by atoms with Crippen molar-refractivity contribution in [3.63, 3.8) is 0 Å². The SMILES string of the molecule is CCNc1cc(NC(CO)(CO)CO)nc(COCC)n1. The smallest absolute Gasteiger partial charge is 0.158 e. The van der Waals surface area contributed by atoms with Crippen LogP contribution < -0.4 is 10.6 Å². The molecule has 0 bridgehead atoms. The molecule has 0 aliphatic carbocycles. The first kappa shape index (κ1) is 17.6. The second-order valence-electron chi connectivity index (χ2n) is 4.60. The number of nitrogens with zero attached hydrogens (tertiary/aromatic N) is 2. The van der Waals surface area contributed by atoms with Crippen molar-refractivity contribution in [2.24, 2.45) is 0 Å². The fourth-order valence-corrected chi connectivity index (χ4v) is 1.63. The molecule has 1 aromatic rings. The summed E-state index contributed by atoms with van der Waals surface area (Å²) >= 11 is 0. The van der Waals surface area contributed by atoms with Crippen LogP contribution in [-0.2, 0) is 11.3 Å². The number of aliphatic hydroxyl groups excluding tert-OH is 3. The summed E-state index contributed by atoms with van der Waals surface area (Å²) in [4.78, 5) is 8.55. The van der Waals surface area contributed by atoms with Crippen molar-refractivity contribution < 1.29 is 20.1 Å². The Kier molecular flexibility index (Phi) is 7.30. The van der Waals surface area contributed by atoms with E-state index in [-0.39, 0.29) is 6.61 Å². The zero-order valence-corrected chi connectivity index (χ0v) is 12.5. The van der Waals surface area contributed by atoms with Crippen LogP contribution in [0.1, 0.15) is 19.7 Å². The number of ether oxygens (including phenoxy) is 1. The van der Waals surface area contributed by atoms with E-state index in [1.165, 1.54) is 0 Å². The van der Waals surface area contributed by atoms with E-state index in [4.69, 9.17) is 4.74 Å². The Morgan fingerprint density at radius 2 is 1.71 bits per heavy atom. The highest BCUT2D eigenvalue weighted by Gasteiger charge is 2.28. The van der Waals surface area contributed by atoms with Crippen molar-refractivity contribution in [2.45, 2.75) is 26.0 Å². The number of aliphatic hydroxyl groups is 3. The van der Waals surface area contributed by atoms with Crippen molar-refractivity contribution >= 4 is 11.6 Å². The zero-order valence-electron chi connectivity index (χ0n) is 12.5. The molecule has 0 aliphatic heterocycles. The first-order valence-corrected chi connectivity index (χ1v) is 6.93. The number of hydrogen-bond donors (Lipinski definition) is 5. The molecule has 8 heteroatoms. The summed E-state index contributed by atoms with van der Waals surface area (Å²) in [6.45, 7) is 4.03. The molecule has 0 aliphatic rings. The van der Waals surface area contributed by atoms with Gasteiger partial charge in [0.15, 0.2) is 5.82 Å². The van der Waals surface area contributed by atoms with E-state index in [9.17, 15) is 15.3 Å². The minimum absolute atomic E-state index is 0.259. The van der Waals surface area contributed by atoms with E-state index in [1.54, 1.807) is 6.07 Å². The molecule has 0 aromatic carbocycles. The lowest BCUT2D eigenvalue weighted by Crippen LogP contribution is -2.49. The monoisotopic (exact) mass is 300 g/mol. The molecule has 0 fully saturated rings. The molecule has 0 amide bonds. The molecule has 1 rings (SSSR count). The van der Waals surface area contributed by atoms with E-state index < -0.39 is 25.4 Å². The van der Waals surface area contributed by atoms with Gasteiger partial charge in [-0.05, 0) is 13.8 Å². The van der Waals surface area contributed by atoms with Crippen LogP contribution in [0.15, 0.2) is 6.07 Å². The molecule has 0 radical (unpaired) electrons. The second-order valence-corrected chi connectivity index (χ2v) is 4.60. The van der Waals surface area contributed by atoms with E-state index >= 15 is 0 Å². The second kappa shape index (κ2) is 8.73. The quantitative estimate of drug-likeness (QED) is 0.395. The van der Waals surface area contributed by atoms with Crippen LogP contribution in [0.2, 0.25) is 0 Å². The minimum atomic E-state index is -1.24. The van der Waals surface area contributed by atoms with Crippen LogP contribution in [-0.4, -0.2) is 63.8 Å². The fraction of sp³-hybridized carbons (Fsp3) is 0.692. The predicted molar refractivity (Wildman–Crippen MR) is 79.1 cm³/mol. The van der Waals surface area contributed by atoms with Gasteiger partial charge >= 0.3 is 0 Å². The topological polar surface area (TPSA) is 120 Å². The third kappa shape index (κ3) is 5.09. The van der Waals surface area contributed by atoms with Gasteiger partial charge in [-0.2, -0.15) is 0 Å². The number of rotatable bonds is 10. The Labute approximate surface area is 124 Å². The molecular weight excluding hydrogens is 276 g/mol. The Morgan fingerprint density at radius 1 is 1.10 bits per heavy atom. The Hall–Kier alpha value is -1.48. The highest BCUT2D eigenvalue weighted by molar-refractivity contribution is 5.49. The number of aromatic nitrogens is 2. The van der Waals surface area contributed by atoms with Crippen molar-refractivity contribution in [1.82, 2.24) is 9.97 Å². The van der Waals surface area contributed by atoms with Gasteiger partial charge in [0.2, 0.25) is 0 Å². The maximum Gasteiger partial charge on any atom is 0.158 e. The normalized spacial score (nSPS) is 11.5. The van der Waals surface area contributed by atoms with Crippen LogP contribution in [0, 0.1) is 0 Å². The summed E-state index contributed by atoms with van der Waals surface area (Å²) in [6, 6.07) is 1.65. The van der Waals surface area contributed by atoms with Gasteiger partial charge in [0.05, 0.1) is 19.8 Å². The van der Waals surface area contributed by atoms with E-state index in [0.717, 1.165) is 0 Å². The van der Waals surface area contributed by atoms with Gasteiger partial charge in [0.25, 0.3) is 0 Å². The Morgan fingerprint density at radius 3 is 2.24 bits per heavy atom. The third-order valence-electron chi connectivity index (χ3n) is 2.87. The predicted octanol–water partition coefficient (Wildman–Crippen LogP) is -0.427. The molecule has 0 unspecified atom stereocenters. The maximum atomic E-state index is 9.36. The summed E-state index contributed by atoms with van der Waals surface area (Å²) in [5, 5.41) is 34.0. The van der Waals surface area contributed by atoms with Crippen LogP contribution in [0.4, 0.5) is 11.6 Å². The molecule has 5 N–H and O–H groups in total. The van der Waals surface area contributed by atoms with Gasteiger partial charge in [-0.25, -0.2) is 9.97 Å². The summed E-state index contributed by atoms with van der Waals surface area (Å²) in [5.41, 5.74) is -1.24. The molecule has 1 aromatic heterocycles. The lowest BCUT2D eigenvalue weighted by Gasteiger charge is -2.29. The van der Waals surface area contributed by atoms with Crippen molar-refractivity contribution in [3.05, 3.63) is 11.9 Å². The summed E-state index contributed by atoms with van der Waals surface area (Å²) in [6.07, 6.45) is 0. The summed E-state index contributed by atoms with van der Waals surface area (Å²) < 4.78 is 5.29. The number of hydrogen-bond acceptors (Lipinski definition) is 8. The van der Waals surface area contributed by atoms with Gasteiger partial charge < -0.3 is 30.7 Å². The van der Waals surface area contributed by atoms with Gasteiger partial charge in [0, 0.05) is 19.2 Å². The molecule has 21 heavy (non-hydrogen) atoms. The average Bonchev–Trinajstić information content (AvgIpc) is 2.51. The molecule has 120 valence electrons. The van der Waals surface area contributed by atoms with Crippen LogP contribution in [0.5, 0.6) is 0 Å². The van der Waals surface area contributed by atoms with E-state index in [1.807, 2.05) is 13.8 Å². The lowest BCUT2D eigenvalue weighted by atomic mass is 10.0. The molecule has 8 nitrogen and oxygen atoms in total. The standard InChI is InChI=1S/C13H24N4O4/c1-3-14-10-5-11(16-12(15-10)6-21-4-2)17-13(7-18,8-19)9-20/h5,18-20H,3-4,6-9H2,1-2H3,(H2,14,15,16,17). The highest BCUT2D eigenvalue weighted by atomic mass is 16.5. The molecule has 0 saturated heterocycles. The van der Waals surface area contributed by atoms with Crippen LogP contribution in [0.25, 0.3) is 0 Å². The largest absolute Gasteiger partial charge is 0.394 e. The van der Waals surface area contributed by atoms with E-state index in [2.05, 4.69) is 20.6 Å². The summed E-state index contributed by atoms with van der Waals surface area (Å²) in [5.74, 6) is 1.47. The molecule has 0 atom stereocenters. The van der Waals surface area contributed by atoms with Crippen molar-refractivity contribution in [2.75, 3.05) is 43.6 Å². The zero-order chi connectivity index (χ0) is 15.7. The lowest BCUT2D eigenvalue weighted by molar-refractivity contribution is 0.0830. The minimum Gasteiger partial charge on any atom is -0.394 e. The number of anilines is 2. The van der Waals surface area contributed by atoms with Gasteiger partial charge in [-0.1, -0.05) is 0 Å². The molecular formula is C13H24N4O4. The Balaban J connectivity index is 3.00. The number of nitrogens with one attached hydrogen (secondary N) is 2. The van der Waals surface area contributed by atoms with Gasteiger partial charge in [0.1, 0.15) is 23.8 Å². The Bertz CT molecular complexity index is 418. The van der Waals surface area contributed by atoms with Crippen molar-refractivity contribution in [3.8, 4) is 0 Å². The first-order chi connectivity index (χ1) is 10.1. The third-order valence-corrected chi connectivity index (χ3v) is 2.87.